The third kappa shape index (κ3) is 4.07. The van der Waals surface area contributed by atoms with E-state index in [1.54, 1.807) is 42.1 Å². The number of carbonyl (C=O) groups is 2. The highest BCUT2D eigenvalue weighted by atomic mass is 32.1. The molecule has 1 fully saturated rings. The zero-order valence-corrected chi connectivity index (χ0v) is 13.5. The van der Waals surface area contributed by atoms with Gasteiger partial charge in [-0.2, -0.15) is 4.99 Å². The van der Waals surface area contributed by atoms with Crippen molar-refractivity contribution in [3.8, 4) is 5.75 Å². The maximum absolute atomic E-state index is 12.3. The van der Waals surface area contributed by atoms with E-state index in [4.69, 9.17) is 4.74 Å². The summed E-state index contributed by atoms with van der Waals surface area (Å²) in [5.74, 6) is 0.192. The Morgan fingerprint density at radius 1 is 1.43 bits per heavy atom. The molecule has 7 heteroatoms. The first-order valence-electron chi connectivity index (χ1n) is 7.32. The molecule has 120 valence electrons. The molecular formula is C16H17N3O3S. The molecule has 2 aromatic rings. The van der Waals surface area contributed by atoms with Gasteiger partial charge in [-0.15, -0.1) is 11.3 Å². The van der Waals surface area contributed by atoms with Gasteiger partial charge >= 0.3 is 0 Å². The van der Waals surface area contributed by atoms with E-state index in [1.165, 1.54) is 11.3 Å². The summed E-state index contributed by atoms with van der Waals surface area (Å²) in [5.41, 5.74) is 0.451. The molecule has 1 saturated carbocycles. The van der Waals surface area contributed by atoms with Gasteiger partial charge in [-0.05, 0) is 31.0 Å². The highest BCUT2D eigenvalue weighted by molar-refractivity contribution is 7.07. The number of carbonyl (C=O) groups excluding carboxylic acids is 2. The quantitative estimate of drug-likeness (QED) is 0.904. The molecule has 3 rings (SSSR count). The molecule has 1 aromatic heterocycles. The predicted octanol–water partition coefficient (Wildman–Crippen LogP) is 1.58. The molecule has 1 aliphatic carbocycles. The number of rotatable bonds is 5. The smallest absolute Gasteiger partial charge is 0.279 e. The van der Waals surface area contributed by atoms with Gasteiger partial charge in [0.05, 0.1) is 7.11 Å². The van der Waals surface area contributed by atoms with E-state index in [9.17, 15) is 9.59 Å². The lowest BCUT2D eigenvalue weighted by Crippen LogP contribution is -2.32. The van der Waals surface area contributed by atoms with Crippen LogP contribution in [0.4, 0.5) is 0 Å². The standard InChI is InChI=1S/C16H17N3O3S/c1-22-13-4-2-3-11(9-13)15(21)18-16-19(7-8-23-16)10-14(20)17-12-5-6-12/h2-4,7-9,12H,5-6,10H2,1H3,(H,17,20). The molecule has 0 saturated heterocycles. The monoisotopic (exact) mass is 331 g/mol. The minimum atomic E-state index is -0.359. The van der Waals surface area contributed by atoms with E-state index in [2.05, 4.69) is 10.3 Å². The van der Waals surface area contributed by atoms with Crippen molar-refractivity contribution in [3.63, 3.8) is 0 Å². The van der Waals surface area contributed by atoms with Crippen molar-refractivity contribution in [1.82, 2.24) is 9.88 Å². The van der Waals surface area contributed by atoms with Crippen LogP contribution < -0.4 is 14.9 Å². The van der Waals surface area contributed by atoms with E-state index in [1.807, 2.05) is 5.38 Å². The fourth-order valence-corrected chi connectivity index (χ4v) is 2.80. The van der Waals surface area contributed by atoms with Crippen LogP contribution in [0.25, 0.3) is 0 Å². The molecule has 23 heavy (non-hydrogen) atoms. The third-order valence-electron chi connectivity index (χ3n) is 3.43. The van der Waals surface area contributed by atoms with Crippen molar-refractivity contribution >= 4 is 23.2 Å². The van der Waals surface area contributed by atoms with E-state index < -0.39 is 0 Å². The zero-order chi connectivity index (χ0) is 16.2. The first kappa shape index (κ1) is 15.5. The van der Waals surface area contributed by atoms with Gasteiger partial charge < -0.3 is 14.6 Å². The first-order valence-corrected chi connectivity index (χ1v) is 8.20. The maximum Gasteiger partial charge on any atom is 0.279 e. The highest BCUT2D eigenvalue weighted by Crippen LogP contribution is 2.18. The molecule has 1 aromatic carbocycles. The number of benzene rings is 1. The Labute approximate surface area is 137 Å². The lowest BCUT2D eigenvalue weighted by atomic mass is 10.2. The molecule has 2 amide bonds. The van der Waals surface area contributed by atoms with E-state index in [-0.39, 0.29) is 18.4 Å². The van der Waals surface area contributed by atoms with Crippen LogP contribution in [0.2, 0.25) is 0 Å². The Morgan fingerprint density at radius 2 is 2.26 bits per heavy atom. The number of nitrogens with one attached hydrogen (secondary N) is 1. The van der Waals surface area contributed by atoms with Crippen molar-refractivity contribution in [1.29, 1.82) is 0 Å². The van der Waals surface area contributed by atoms with Gasteiger partial charge in [0.1, 0.15) is 12.3 Å². The highest BCUT2D eigenvalue weighted by Gasteiger charge is 2.23. The Kier molecular flexibility index (Phi) is 4.57. The molecule has 0 aliphatic heterocycles. The maximum atomic E-state index is 12.3. The minimum absolute atomic E-state index is 0.0545. The fourth-order valence-electron chi connectivity index (χ4n) is 2.07. The van der Waals surface area contributed by atoms with Crippen LogP contribution in [0.5, 0.6) is 5.75 Å². The molecular weight excluding hydrogens is 314 g/mol. The summed E-state index contributed by atoms with van der Waals surface area (Å²) in [4.78, 5) is 28.8. The summed E-state index contributed by atoms with van der Waals surface area (Å²) in [7, 11) is 1.55. The van der Waals surface area contributed by atoms with Crippen LogP contribution in [0.1, 0.15) is 23.2 Å². The fraction of sp³-hybridized carbons (Fsp3) is 0.312. The number of aromatic nitrogens is 1. The van der Waals surface area contributed by atoms with Crippen LogP contribution >= 0.6 is 11.3 Å². The molecule has 1 aliphatic rings. The molecule has 0 unspecified atom stereocenters. The number of hydrogen-bond acceptors (Lipinski definition) is 4. The Morgan fingerprint density at radius 3 is 3.00 bits per heavy atom. The Balaban J connectivity index is 1.77. The largest absolute Gasteiger partial charge is 0.497 e. The van der Waals surface area contributed by atoms with E-state index in [0.29, 0.717) is 22.2 Å². The molecule has 0 spiro atoms. The molecule has 0 bridgehead atoms. The van der Waals surface area contributed by atoms with Gasteiger partial charge in [0.2, 0.25) is 5.91 Å². The van der Waals surface area contributed by atoms with Crippen LogP contribution in [-0.4, -0.2) is 29.5 Å². The lowest BCUT2D eigenvalue weighted by molar-refractivity contribution is -0.121. The van der Waals surface area contributed by atoms with Gasteiger partial charge in [0.25, 0.3) is 5.91 Å². The van der Waals surface area contributed by atoms with Gasteiger partial charge in [-0.25, -0.2) is 0 Å². The number of nitrogens with zero attached hydrogens (tertiary/aromatic N) is 2. The number of methoxy groups -OCH3 is 1. The van der Waals surface area contributed by atoms with Crippen LogP contribution in [0.15, 0.2) is 40.8 Å². The SMILES string of the molecule is COc1cccc(C(=O)N=c2sccn2CC(=O)NC2CC2)c1. The average Bonchev–Trinajstić information content (AvgIpc) is 3.27. The number of hydrogen-bond donors (Lipinski definition) is 1. The number of thiazole rings is 1. The lowest BCUT2D eigenvalue weighted by Gasteiger charge is -2.04. The van der Waals surface area contributed by atoms with Crippen LogP contribution in [0.3, 0.4) is 0 Å². The Bertz CT molecular complexity index is 790. The average molecular weight is 331 g/mol. The molecule has 1 N–H and O–H groups in total. The van der Waals surface area contributed by atoms with Crippen LogP contribution in [-0.2, 0) is 11.3 Å². The van der Waals surface area contributed by atoms with Crippen LogP contribution in [0, 0.1) is 0 Å². The summed E-state index contributed by atoms with van der Waals surface area (Å²) in [5, 5.41) is 4.73. The summed E-state index contributed by atoms with van der Waals surface area (Å²) >= 11 is 1.32. The summed E-state index contributed by atoms with van der Waals surface area (Å²) in [6.07, 6.45) is 3.85. The first-order chi connectivity index (χ1) is 11.2. The number of ether oxygens (including phenoxy) is 1. The topological polar surface area (TPSA) is 72.7 Å². The van der Waals surface area contributed by atoms with Crippen molar-refractivity contribution in [2.75, 3.05) is 7.11 Å². The second-order valence-electron chi connectivity index (χ2n) is 5.30. The van der Waals surface area contributed by atoms with Crippen molar-refractivity contribution in [2.45, 2.75) is 25.4 Å². The normalized spacial score (nSPS) is 14.6. The van der Waals surface area contributed by atoms with E-state index >= 15 is 0 Å². The van der Waals surface area contributed by atoms with Crippen molar-refractivity contribution in [2.24, 2.45) is 4.99 Å². The summed E-state index contributed by atoms with van der Waals surface area (Å²) in [6.45, 7) is 0.171. The molecule has 1 heterocycles. The van der Waals surface area contributed by atoms with Crippen molar-refractivity contribution < 1.29 is 14.3 Å². The molecule has 6 nitrogen and oxygen atoms in total. The van der Waals surface area contributed by atoms with Gasteiger partial charge in [-0.3, -0.25) is 9.59 Å². The second-order valence-corrected chi connectivity index (χ2v) is 6.18. The predicted molar refractivity (Wildman–Crippen MR) is 86.4 cm³/mol. The summed E-state index contributed by atoms with van der Waals surface area (Å²) in [6, 6.07) is 7.16. The van der Waals surface area contributed by atoms with Gasteiger partial charge in [0.15, 0.2) is 4.80 Å². The zero-order valence-electron chi connectivity index (χ0n) is 12.7. The van der Waals surface area contributed by atoms with Gasteiger partial charge in [0, 0.05) is 23.2 Å². The summed E-state index contributed by atoms with van der Waals surface area (Å²) < 4.78 is 6.79. The third-order valence-corrected chi connectivity index (χ3v) is 4.22. The van der Waals surface area contributed by atoms with E-state index in [0.717, 1.165) is 12.8 Å². The van der Waals surface area contributed by atoms with Crippen molar-refractivity contribution in [3.05, 3.63) is 46.2 Å². The Hall–Kier alpha value is -2.41. The number of amides is 2. The van der Waals surface area contributed by atoms with Gasteiger partial charge in [-0.1, -0.05) is 6.07 Å². The second kappa shape index (κ2) is 6.78. The molecule has 0 atom stereocenters. The minimum Gasteiger partial charge on any atom is -0.497 e. The molecule has 0 radical (unpaired) electrons.